The predicted molar refractivity (Wildman–Crippen MR) is 94.0 cm³/mol. The molecule has 0 bridgehead atoms. The van der Waals surface area contributed by atoms with Gasteiger partial charge in [0.25, 0.3) is 5.91 Å². The Bertz CT molecular complexity index is 986. The van der Waals surface area contributed by atoms with Gasteiger partial charge < -0.3 is 10.1 Å². The second-order valence-corrected chi connectivity index (χ2v) is 5.30. The molecule has 0 saturated carbocycles. The van der Waals surface area contributed by atoms with Crippen LogP contribution in [0.2, 0.25) is 0 Å². The van der Waals surface area contributed by atoms with Crippen LogP contribution in [-0.2, 0) is 4.74 Å². The second kappa shape index (κ2) is 7.32. The average molecular weight is 346 g/mol. The van der Waals surface area contributed by atoms with E-state index in [1.165, 1.54) is 17.9 Å². The zero-order chi connectivity index (χ0) is 18.5. The maximum atomic E-state index is 12.7. The molecule has 0 atom stereocenters. The van der Waals surface area contributed by atoms with Crippen LogP contribution in [0.5, 0.6) is 0 Å². The van der Waals surface area contributed by atoms with E-state index in [9.17, 15) is 9.59 Å². The molecule has 1 aromatic heterocycles. The molecule has 0 aliphatic heterocycles. The summed E-state index contributed by atoms with van der Waals surface area (Å²) in [6, 6.07) is 18.8. The van der Waals surface area contributed by atoms with Crippen LogP contribution in [0.15, 0.2) is 60.7 Å². The van der Waals surface area contributed by atoms with Crippen molar-refractivity contribution in [2.45, 2.75) is 0 Å². The largest absolute Gasteiger partial charge is 0.464 e. The number of carbonyl (C=O) groups excluding carboxylic acids is 2. The molecule has 3 rings (SSSR count). The Hall–Kier alpha value is -3.92. The van der Waals surface area contributed by atoms with E-state index in [1.807, 2.05) is 12.1 Å². The number of carbonyl (C=O) groups is 2. The first kappa shape index (κ1) is 16.9. The molecule has 0 saturated heterocycles. The van der Waals surface area contributed by atoms with Crippen LogP contribution in [0.1, 0.15) is 26.5 Å². The number of nitriles is 1. The molecule has 3 aromatic rings. The molecule has 2 aromatic carbocycles. The summed E-state index contributed by atoms with van der Waals surface area (Å²) in [5, 5.41) is 15.7. The smallest absolute Gasteiger partial charge is 0.358 e. The van der Waals surface area contributed by atoms with Gasteiger partial charge in [-0.3, -0.25) is 4.79 Å². The lowest BCUT2D eigenvalue weighted by Gasteiger charge is -2.08. The number of amides is 1. The fourth-order valence-corrected chi connectivity index (χ4v) is 2.34. The first-order chi connectivity index (χ1) is 12.6. The van der Waals surface area contributed by atoms with Gasteiger partial charge in [-0.2, -0.15) is 10.4 Å². The van der Waals surface area contributed by atoms with Gasteiger partial charge in [-0.05, 0) is 36.4 Å². The lowest BCUT2D eigenvalue weighted by Crippen LogP contribution is -2.16. The van der Waals surface area contributed by atoms with Crippen molar-refractivity contribution in [1.29, 1.82) is 5.26 Å². The number of methoxy groups -OCH3 is 1. The number of rotatable bonds is 4. The first-order valence-corrected chi connectivity index (χ1v) is 7.67. The highest BCUT2D eigenvalue weighted by Crippen LogP contribution is 2.16. The van der Waals surface area contributed by atoms with Crippen molar-refractivity contribution in [3.8, 4) is 11.8 Å². The molecule has 0 aliphatic rings. The number of benzene rings is 2. The fraction of sp³-hybridized carbons (Fsp3) is 0.0526. The number of ether oxygens (including phenoxy) is 1. The molecular formula is C19H14N4O3. The Balaban J connectivity index is 1.96. The van der Waals surface area contributed by atoms with Gasteiger partial charge >= 0.3 is 5.97 Å². The molecule has 0 fully saturated rings. The number of aromatic nitrogens is 2. The number of hydrogen-bond donors (Lipinski definition) is 1. The summed E-state index contributed by atoms with van der Waals surface area (Å²) in [7, 11) is 1.25. The van der Waals surface area contributed by atoms with E-state index in [1.54, 1.807) is 48.5 Å². The summed E-state index contributed by atoms with van der Waals surface area (Å²) in [6.07, 6.45) is 0. The predicted octanol–water partition coefficient (Wildman–Crippen LogP) is 2.78. The minimum absolute atomic E-state index is 0.0290. The average Bonchev–Trinajstić information content (AvgIpc) is 3.14. The second-order valence-electron chi connectivity index (χ2n) is 5.30. The number of para-hydroxylation sites is 1. The minimum atomic E-state index is -0.632. The SMILES string of the molecule is COC(=O)c1cc(C(=O)Nc2ccc(C#N)cc2)n(-c2ccccc2)n1. The van der Waals surface area contributed by atoms with Crippen LogP contribution in [-0.4, -0.2) is 28.8 Å². The molecular weight excluding hydrogens is 332 g/mol. The lowest BCUT2D eigenvalue weighted by atomic mass is 10.2. The maximum Gasteiger partial charge on any atom is 0.358 e. The van der Waals surface area contributed by atoms with Gasteiger partial charge in [-0.25, -0.2) is 9.48 Å². The van der Waals surface area contributed by atoms with E-state index in [-0.39, 0.29) is 11.4 Å². The van der Waals surface area contributed by atoms with Crippen LogP contribution in [0.3, 0.4) is 0 Å². The van der Waals surface area contributed by atoms with Crippen molar-refractivity contribution in [2.75, 3.05) is 12.4 Å². The summed E-state index contributed by atoms with van der Waals surface area (Å²) in [5.41, 5.74) is 1.86. The number of nitrogens with one attached hydrogen (secondary N) is 1. The molecule has 128 valence electrons. The van der Waals surface area contributed by atoms with E-state index in [4.69, 9.17) is 5.26 Å². The standard InChI is InChI=1S/C19H14N4O3/c1-26-19(25)16-11-17(23(22-16)15-5-3-2-4-6-15)18(24)21-14-9-7-13(12-20)8-10-14/h2-11H,1H3,(H,21,24). The molecule has 26 heavy (non-hydrogen) atoms. The quantitative estimate of drug-likeness (QED) is 0.733. The monoisotopic (exact) mass is 346 g/mol. The number of hydrogen-bond acceptors (Lipinski definition) is 5. The molecule has 7 heteroatoms. The van der Waals surface area contributed by atoms with E-state index < -0.39 is 11.9 Å². The highest BCUT2D eigenvalue weighted by atomic mass is 16.5. The molecule has 1 N–H and O–H groups in total. The van der Waals surface area contributed by atoms with Gasteiger partial charge in [0.2, 0.25) is 0 Å². The molecule has 0 spiro atoms. The van der Waals surface area contributed by atoms with Crippen molar-refractivity contribution >= 4 is 17.6 Å². The number of esters is 1. The van der Waals surface area contributed by atoms with E-state index in [2.05, 4.69) is 15.2 Å². The Morgan fingerprint density at radius 1 is 1.12 bits per heavy atom. The van der Waals surface area contributed by atoms with E-state index in [0.29, 0.717) is 16.9 Å². The zero-order valence-corrected chi connectivity index (χ0v) is 13.8. The third-order valence-corrected chi connectivity index (χ3v) is 3.61. The Morgan fingerprint density at radius 2 is 1.81 bits per heavy atom. The Kier molecular flexibility index (Phi) is 4.76. The summed E-state index contributed by atoms with van der Waals surface area (Å²) < 4.78 is 6.07. The van der Waals surface area contributed by atoms with E-state index >= 15 is 0 Å². The van der Waals surface area contributed by atoms with Crippen LogP contribution in [0.4, 0.5) is 5.69 Å². The van der Waals surface area contributed by atoms with Gasteiger partial charge in [-0.15, -0.1) is 0 Å². The normalized spacial score (nSPS) is 10.0. The van der Waals surface area contributed by atoms with Gasteiger partial charge in [-0.1, -0.05) is 18.2 Å². The molecule has 7 nitrogen and oxygen atoms in total. The minimum Gasteiger partial charge on any atom is -0.464 e. The molecule has 0 aliphatic carbocycles. The lowest BCUT2D eigenvalue weighted by molar-refractivity contribution is 0.0593. The summed E-state index contributed by atoms with van der Waals surface area (Å²) in [6.45, 7) is 0. The molecule has 0 unspecified atom stereocenters. The van der Waals surface area contributed by atoms with Crippen molar-refractivity contribution < 1.29 is 14.3 Å². The fourth-order valence-electron chi connectivity index (χ4n) is 2.34. The third kappa shape index (κ3) is 3.44. The Labute approximate surface area is 149 Å². The molecule has 1 amide bonds. The van der Waals surface area contributed by atoms with E-state index in [0.717, 1.165) is 0 Å². The van der Waals surface area contributed by atoms with Gasteiger partial charge in [0.15, 0.2) is 5.69 Å². The number of anilines is 1. The van der Waals surface area contributed by atoms with Gasteiger partial charge in [0.1, 0.15) is 5.69 Å². The van der Waals surface area contributed by atoms with Crippen molar-refractivity contribution in [2.24, 2.45) is 0 Å². The maximum absolute atomic E-state index is 12.7. The molecule has 0 radical (unpaired) electrons. The highest BCUT2D eigenvalue weighted by molar-refractivity contribution is 6.04. The topological polar surface area (TPSA) is 97.0 Å². The summed E-state index contributed by atoms with van der Waals surface area (Å²) in [5.74, 6) is -1.08. The van der Waals surface area contributed by atoms with Crippen molar-refractivity contribution in [3.63, 3.8) is 0 Å². The van der Waals surface area contributed by atoms with Gasteiger partial charge in [0, 0.05) is 11.8 Å². The number of nitrogens with zero attached hydrogens (tertiary/aromatic N) is 3. The van der Waals surface area contributed by atoms with Crippen molar-refractivity contribution in [1.82, 2.24) is 9.78 Å². The third-order valence-electron chi connectivity index (χ3n) is 3.61. The van der Waals surface area contributed by atoms with Crippen LogP contribution in [0.25, 0.3) is 5.69 Å². The summed E-state index contributed by atoms with van der Waals surface area (Å²) >= 11 is 0. The highest BCUT2D eigenvalue weighted by Gasteiger charge is 2.20. The zero-order valence-electron chi connectivity index (χ0n) is 13.8. The van der Waals surface area contributed by atoms with Gasteiger partial charge in [0.05, 0.1) is 24.4 Å². The van der Waals surface area contributed by atoms with Crippen molar-refractivity contribution in [3.05, 3.63) is 77.6 Å². The van der Waals surface area contributed by atoms with Crippen LogP contribution in [0, 0.1) is 11.3 Å². The Morgan fingerprint density at radius 3 is 2.42 bits per heavy atom. The van der Waals surface area contributed by atoms with Crippen LogP contribution >= 0.6 is 0 Å². The molecule has 1 heterocycles. The van der Waals surface area contributed by atoms with Crippen LogP contribution < -0.4 is 5.32 Å². The summed E-state index contributed by atoms with van der Waals surface area (Å²) in [4.78, 5) is 24.5. The first-order valence-electron chi connectivity index (χ1n) is 7.67.